The molecule has 2 aromatic carbocycles. The number of hydrogen-bond acceptors (Lipinski definition) is 10. The van der Waals surface area contributed by atoms with Crippen molar-refractivity contribution in [3.63, 3.8) is 0 Å². The number of carbonyl (C=O) groups is 1. The van der Waals surface area contributed by atoms with Gasteiger partial charge >= 0.3 is 12.2 Å². The molecule has 10 nitrogen and oxygen atoms in total. The molecule has 3 aromatic rings. The van der Waals surface area contributed by atoms with Gasteiger partial charge in [0.2, 0.25) is 5.95 Å². The van der Waals surface area contributed by atoms with Crippen LogP contribution in [0.15, 0.2) is 42.5 Å². The third kappa shape index (κ3) is 10.8. The molecular formula is C36H45F3N6O4. The van der Waals surface area contributed by atoms with Crippen molar-refractivity contribution in [1.82, 2.24) is 25.2 Å². The number of halogens is 3. The van der Waals surface area contributed by atoms with E-state index in [0.29, 0.717) is 43.2 Å². The van der Waals surface area contributed by atoms with E-state index < -0.39 is 18.8 Å². The summed E-state index contributed by atoms with van der Waals surface area (Å²) in [7, 11) is 0. The van der Waals surface area contributed by atoms with Gasteiger partial charge in [0.1, 0.15) is 17.3 Å². The van der Waals surface area contributed by atoms with Gasteiger partial charge in [-0.25, -0.2) is 0 Å². The average molecular weight is 683 g/mol. The molecule has 2 aliphatic heterocycles. The van der Waals surface area contributed by atoms with Crippen LogP contribution in [0.5, 0.6) is 17.5 Å². The maximum Gasteiger partial charge on any atom is 0.422 e. The number of carbonyl (C=O) groups excluding carboxylic acids is 1. The van der Waals surface area contributed by atoms with E-state index in [-0.39, 0.29) is 29.4 Å². The van der Waals surface area contributed by atoms with E-state index in [1.807, 2.05) is 36.4 Å². The van der Waals surface area contributed by atoms with E-state index in [4.69, 9.17) is 14.2 Å². The maximum atomic E-state index is 13.6. The summed E-state index contributed by atoms with van der Waals surface area (Å²) in [4.78, 5) is 28.9. The van der Waals surface area contributed by atoms with Crippen molar-refractivity contribution < 1.29 is 32.2 Å². The topological polar surface area (TPSA) is 111 Å². The molecule has 264 valence electrons. The van der Waals surface area contributed by atoms with Gasteiger partial charge in [-0.1, -0.05) is 18.2 Å². The fourth-order valence-electron chi connectivity index (χ4n) is 6.39. The van der Waals surface area contributed by atoms with E-state index in [9.17, 15) is 18.0 Å². The first-order valence-electron chi connectivity index (χ1n) is 17.3. The van der Waals surface area contributed by atoms with Gasteiger partial charge in [0, 0.05) is 25.9 Å². The first kappa shape index (κ1) is 34.9. The Hall–Kier alpha value is -3.97. The Labute approximate surface area is 285 Å². The Morgan fingerprint density at radius 1 is 0.939 bits per heavy atom. The second-order valence-electron chi connectivity index (χ2n) is 13.3. The standard InChI is InChI=1S/C36H45F3N6O4/c37-36(38,39)25-49-34-43-32-22-26-8-9-29(30(46)10-11-35(12-13-35)24-45-16-1-2-17-45)31(21-26)48-19-5-15-40-14-4-18-47-28-7-3-6-27(20-28)23-41-33(42-32)44-34/h3,6-9,20-21,40H,1-2,4-5,10-19,22-25H2,(H,41,42,43,44). The Balaban J connectivity index is 1.22. The van der Waals surface area contributed by atoms with Crippen LogP contribution in [-0.4, -0.2) is 84.4 Å². The number of Topliss-reactive ketones (excluding diaryl/α,β-unsaturated/α-hetero) is 1. The van der Waals surface area contributed by atoms with Crippen LogP contribution in [0.3, 0.4) is 0 Å². The number of nitrogens with zero attached hydrogens (tertiary/aromatic N) is 4. The number of ether oxygens (including phenoxy) is 3. The Morgan fingerprint density at radius 3 is 2.51 bits per heavy atom. The van der Waals surface area contributed by atoms with Crippen molar-refractivity contribution in [2.45, 2.75) is 70.5 Å². The summed E-state index contributed by atoms with van der Waals surface area (Å²) in [5, 5.41) is 6.51. The van der Waals surface area contributed by atoms with Crippen LogP contribution in [0.4, 0.5) is 19.1 Å². The number of likely N-dealkylation sites (tertiary alicyclic amines) is 1. The van der Waals surface area contributed by atoms with Crippen LogP contribution in [0.2, 0.25) is 0 Å². The van der Waals surface area contributed by atoms with Crippen LogP contribution in [0.1, 0.15) is 78.7 Å². The van der Waals surface area contributed by atoms with Crippen molar-refractivity contribution in [3.8, 4) is 17.5 Å². The molecule has 6 bridgehead atoms. The molecule has 1 saturated heterocycles. The Morgan fingerprint density at radius 2 is 1.73 bits per heavy atom. The zero-order valence-corrected chi connectivity index (χ0v) is 27.8. The smallest absolute Gasteiger partial charge is 0.422 e. The molecule has 49 heavy (non-hydrogen) atoms. The van der Waals surface area contributed by atoms with Crippen LogP contribution in [-0.2, 0) is 13.0 Å². The summed E-state index contributed by atoms with van der Waals surface area (Å²) in [6, 6.07) is 12.5. The zero-order chi connectivity index (χ0) is 34.1. The minimum Gasteiger partial charge on any atom is -0.494 e. The molecule has 2 fully saturated rings. The van der Waals surface area contributed by atoms with Crippen molar-refractivity contribution in [1.29, 1.82) is 0 Å². The summed E-state index contributed by atoms with van der Waals surface area (Å²) < 4.78 is 56.1. The minimum absolute atomic E-state index is 0.0519. The highest BCUT2D eigenvalue weighted by Crippen LogP contribution is 2.50. The Kier molecular flexibility index (Phi) is 11.5. The second kappa shape index (κ2) is 16.2. The number of nitrogens with one attached hydrogen (secondary N) is 2. The highest BCUT2D eigenvalue weighted by molar-refractivity contribution is 5.98. The number of fused-ring (bicyclic) bond motifs is 6. The number of hydrogen-bond donors (Lipinski definition) is 2. The predicted octanol–water partition coefficient (Wildman–Crippen LogP) is 6.00. The van der Waals surface area contributed by atoms with Crippen LogP contribution in [0, 0.1) is 5.41 Å². The number of aromatic nitrogens is 3. The third-order valence-corrected chi connectivity index (χ3v) is 9.20. The first-order valence-corrected chi connectivity index (χ1v) is 17.3. The normalized spacial score (nSPS) is 18.7. The van der Waals surface area contributed by atoms with Gasteiger partial charge < -0.3 is 29.7 Å². The van der Waals surface area contributed by atoms with Crippen molar-refractivity contribution >= 4 is 11.7 Å². The lowest BCUT2D eigenvalue weighted by atomic mass is 9.94. The molecule has 13 heteroatoms. The number of anilines is 1. The van der Waals surface area contributed by atoms with Gasteiger partial charge in [0.15, 0.2) is 12.4 Å². The summed E-state index contributed by atoms with van der Waals surface area (Å²) in [6.45, 7) is 4.64. The lowest BCUT2D eigenvalue weighted by Crippen LogP contribution is -2.28. The van der Waals surface area contributed by atoms with E-state index in [0.717, 1.165) is 63.1 Å². The molecule has 0 atom stereocenters. The summed E-state index contributed by atoms with van der Waals surface area (Å²) in [5.74, 6) is 1.55. The van der Waals surface area contributed by atoms with E-state index >= 15 is 0 Å². The molecule has 0 spiro atoms. The fraction of sp³-hybridized carbons (Fsp3) is 0.556. The molecule has 0 radical (unpaired) electrons. The van der Waals surface area contributed by atoms with Crippen molar-refractivity contribution in [3.05, 3.63) is 65.0 Å². The molecule has 1 aromatic heterocycles. The highest BCUT2D eigenvalue weighted by Gasteiger charge is 2.44. The molecule has 0 unspecified atom stereocenters. The zero-order valence-electron chi connectivity index (χ0n) is 27.8. The molecule has 2 N–H and O–H groups in total. The monoisotopic (exact) mass is 682 g/mol. The van der Waals surface area contributed by atoms with Gasteiger partial charge in [-0.3, -0.25) is 4.79 Å². The first-order chi connectivity index (χ1) is 23.7. The molecular weight excluding hydrogens is 637 g/mol. The number of alkyl halides is 3. The Bertz CT molecular complexity index is 1560. The third-order valence-electron chi connectivity index (χ3n) is 9.20. The molecule has 0 amide bonds. The largest absolute Gasteiger partial charge is 0.494 e. The lowest BCUT2D eigenvalue weighted by Gasteiger charge is -2.22. The number of benzene rings is 2. The number of rotatable bonds is 8. The molecule has 3 heterocycles. The van der Waals surface area contributed by atoms with Crippen LogP contribution >= 0.6 is 0 Å². The molecule has 3 aliphatic rings. The summed E-state index contributed by atoms with van der Waals surface area (Å²) in [6.07, 6.45) is 3.33. The van der Waals surface area contributed by atoms with Crippen molar-refractivity contribution in [2.75, 3.05) is 57.9 Å². The van der Waals surface area contributed by atoms with Gasteiger partial charge in [-0.05, 0) is 112 Å². The predicted molar refractivity (Wildman–Crippen MR) is 178 cm³/mol. The summed E-state index contributed by atoms with van der Waals surface area (Å²) >= 11 is 0. The van der Waals surface area contributed by atoms with Crippen molar-refractivity contribution in [2.24, 2.45) is 5.41 Å². The van der Waals surface area contributed by atoms with E-state index in [2.05, 4.69) is 30.5 Å². The molecule has 6 rings (SSSR count). The maximum absolute atomic E-state index is 13.6. The van der Waals surface area contributed by atoms with E-state index in [1.165, 1.54) is 25.7 Å². The van der Waals surface area contributed by atoms with Crippen LogP contribution in [0.25, 0.3) is 0 Å². The van der Waals surface area contributed by atoms with E-state index in [1.54, 1.807) is 6.07 Å². The second-order valence-corrected chi connectivity index (χ2v) is 13.3. The van der Waals surface area contributed by atoms with Gasteiger partial charge in [-0.2, -0.15) is 28.1 Å². The highest BCUT2D eigenvalue weighted by atomic mass is 19.4. The fourth-order valence-corrected chi connectivity index (χ4v) is 6.39. The van der Waals surface area contributed by atoms with Gasteiger partial charge in [-0.15, -0.1) is 0 Å². The quantitative estimate of drug-likeness (QED) is 0.275. The van der Waals surface area contributed by atoms with Crippen LogP contribution < -0.4 is 24.8 Å². The van der Waals surface area contributed by atoms with Gasteiger partial charge in [0.25, 0.3) is 0 Å². The minimum atomic E-state index is -4.56. The van der Waals surface area contributed by atoms with Gasteiger partial charge in [0.05, 0.1) is 18.8 Å². The number of ketones is 1. The molecule has 1 saturated carbocycles. The molecule has 1 aliphatic carbocycles. The SMILES string of the molecule is O=C(CCC1(CN2CCCC2)CC1)c1ccc2cc1OCCCNCCCOc1cccc(c1)CNc1nc(nc(OCC(F)(F)F)n1)C2. The average Bonchev–Trinajstić information content (AvgIpc) is 3.65. The lowest BCUT2D eigenvalue weighted by molar-refractivity contribution is -0.154. The summed E-state index contributed by atoms with van der Waals surface area (Å²) in [5.41, 5.74) is 2.41.